The molecule has 2 amide bonds. The van der Waals surface area contributed by atoms with E-state index in [0.29, 0.717) is 29.2 Å². The normalized spacial score (nSPS) is 19.7. The quantitative estimate of drug-likeness (QED) is 0.718. The Hall–Kier alpha value is -2.61. The molecule has 2 aromatic heterocycles. The summed E-state index contributed by atoms with van der Waals surface area (Å²) in [5.41, 5.74) is 0.359. The first-order valence-electron chi connectivity index (χ1n) is 8.48. The average Bonchev–Trinajstić information content (AvgIpc) is 3.31. The van der Waals surface area contributed by atoms with Crippen LogP contribution in [0, 0.1) is 11.8 Å². The van der Waals surface area contributed by atoms with Crippen molar-refractivity contribution in [2.75, 3.05) is 5.32 Å². The minimum Gasteiger partial charge on any atom is -0.481 e. The van der Waals surface area contributed by atoms with Gasteiger partial charge >= 0.3 is 5.97 Å². The minimum absolute atomic E-state index is 0.249. The second-order valence-electron chi connectivity index (χ2n) is 6.25. The summed E-state index contributed by atoms with van der Waals surface area (Å²) in [4.78, 5) is 36.3. The van der Waals surface area contributed by atoms with Crippen LogP contribution in [0.5, 0.6) is 0 Å². The molecule has 2 aromatic rings. The number of rotatable bonds is 6. The Labute approximate surface area is 154 Å². The van der Waals surface area contributed by atoms with Crippen molar-refractivity contribution in [3.05, 3.63) is 41.2 Å². The number of furan rings is 1. The number of carboxylic acids is 1. The van der Waals surface area contributed by atoms with Crippen molar-refractivity contribution in [2.24, 2.45) is 11.8 Å². The molecule has 8 heteroatoms. The van der Waals surface area contributed by atoms with Gasteiger partial charge in [0, 0.05) is 0 Å². The van der Waals surface area contributed by atoms with Crippen molar-refractivity contribution in [1.82, 2.24) is 5.32 Å². The van der Waals surface area contributed by atoms with Crippen LogP contribution in [0.2, 0.25) is 0 Å². The molecule has 0 radical (unpaired) electrons. The first kappa shape index (κ1) is 18.2. The highest BCUT2D eigenvalue weighted by molar-refractivity contribution is 7.14. The number of hydrogen-bond acceptors (Lipinski definition) is 5. The molecule has 1 aliphatic carbocycles. The molecule has 3 N–H and O–H groups in total. The third-order valence-electron chi connectivity index (χ3n) is 4.57. The van der Waals surface area contributed by atoms with Crippen molar-refractivity contribution in [2.45, 2.75) is 32.2 Å². The summed E-state index contributed by atoms with van der Waals surface area (Å²) in [5, 5.41) is 17.0. The van der Waals surface area contributed by atoms with E-state index in [2.05, 4.69) is 10.6 Å². The fourth-order valence-corrected chi connectivity index (χ4v) is 3.99. The van der Waals surface area contributed by atoms with E-state index in [1.165, 1.54) is 17.6 Å². The van der Waals surface area contributed by atoms with Gasteiger partial charge in [-0.15, -0.1) is 11.3 Å². The smallest absolute Gasteiger partial charge is 0.307 e. The summed E-state index contributed by atoms with van der Waals surface area (Å²) in [6.45, 7) is 0.249. The largest absolute Gasteiger partial charge is 0.481 e. The van der Waals surface area contributed by atoms with E-state index in [0.717, 1.165) is 12.8 Å². The lowest BCUT2D eigenvalue weighted by Crippen LogP contribution is -2.36. The second-order valence-corrected chi connectivity index (χ2v) is 7.17. The van der Waals surface area contributed by atoms with Crippen molar-refractivity contribution in [1.29, 1.82) is 0 Å². The van der Waals surface area contributed by atoms with Crippen LogP contribution in [0.15, 0.2) is 34.3 Å². The van der Waals surface area contributed by atoms with Crippen LogP contribution in [0.4, 0.5) is 5.00 Å². The van der Waals surface area contributed by atoms with Crippen LogP contribution < -0.4 is 10.6 Å². The average molecular weight is 376 g/mol. The zero-order valence-electron chi connectivity index (χ0n) is 14.1. The van der Waals surface area contributed by atoms with Crippen LogP contribution in [0.25, 0.3) is 0 Å². The summed E-state index contributed by atoms with van der Waals surface area (Å²) in [6.07, 6.45) is 4.24. The lowest BCUT2D eigenvalue weighted by Gasteiger charge is -2.27. The fraction of sp³-hybridized carbons (Fsp3) is 0.389. The predicted molar refractivity (Wildman–Crippen MR) is 95.9 cm³/mol. The highest BCUT2D eigenvalue weighted by Gasteiger charge is 2.36. The first-order chi connectivity index (χ1) is 12.6. The molecule has 0 bridgehead atoms. The molecule has 0 saturated heterocycles. The Morgan fingerprint density at radius 3 is 2.65 bits per heavy atom. The van der Waals surface area contributed by atoms with E-state index in [4.69, 9.17) is 4.42 Å². The summed E-state index contributed by atoms with van der Waals surface area (Å²) in [6, 6.07) is 5.12. The standard InChI is InChI=1S/C18H20N2O5S/c21-15(19-10-11-4-3-8-25-11)14-7-9-26-17(14)20-16(22)12-5-1-2-6-13(12)18(23)24/h3-4,7-9,12-13H,1-2,5-6,10H2,(H,19,21)(H,20,22)(H,23,24)/t12-,13-/m0/s1. The predicted octanol–water partition coefficient (Wildman–Crippen LogP) is 3.10. The Bertz CT molecular complexity index is 783. The van der Waals surface area contributed by atoms with Crippen molar-refractivity contribution in [3.63, 3.8) is 0 Å². The topological polar surface area (TPSA) is 109 Å². The summed E-state index contributed by atoms with van der Waals surface area (Å²) in [5.74, 6) is -2.20. The van der Waals surface area contributed by atoms with Gasteiger partial charge in [-0.3, -0.25) is 14.4 Å². The van der Waals surface area contributed by atoms with Gasteiger partial charge in [-0.1, -0.05) is 12.8 Å². The van der Waals surface area contributed by atoms with Crippen molar-refractivity contribution < 1.29 is 23.9 Å². The van der Waals surface area contributed by atoms with Gasteiger partial charge in [0.1, 0.15) is 10.8 Å². The van der Waals surface area contributed by atoms with E-state index < -0.39 is 17.8 Å². The number of thiophene rings is 1. The molecule has 3 rings (SSSR count). The lowest BCUT2D eigenvalue weighted by atomic mass is 9.79. The molecule has 2 heterocycles. The lowest BCUT2D eigenvalue weighted by molar-refractivity contribution is -0.147. The number of aliphatic carboxylic acids is 1. The van der Waals surface area contributed by atoms with Crippen LogP contribution >= 0.6 is 11.3 Å². The third kappa shape index (κ3) is 4.13. The number of anilines is 1. The molecule has 7 nitrogen and oxygen atoms in total. The number of amides is 2. The molecule has 1 saturated carbocycles. The van der Waals surface area contributed by atoms with Gasteiger partial charge in [-0.2, -0.15) is 0 Å². The maximum Gasteiger partial charge on any atom is 0.307 e. The number of carbonyl (C=O) groups excluding carboxylic acids is 2. The minimum atomic E-state index is -0.938. The monoisotopic (exact) mass is 376 g/mol. The summed E-state index contributed by atoms with van der Waals surface area (Å²) in [7, 11) is 0. The van der Waals surface area contributed by atoms with Crippen LogP contribution in [-0.2, 0) is 16.1 Å². The number of nitrogens with one attached hydrogen (secondary N) is 2. The van der Waals surface area contributed by atoms with Gasteiger partial charge in [-0.05, 0) is 36.4 Å². The van der Waals surface area contributed by atoms with Crippen molar-refractivity contribution >= 4 is 34.1 Å². The molecule has 0 aliphatic heterocycles. The Morgan fingerprint density at radius 1 is 1.19 bits per heavy atom. The van der Waals surface area contributed by atoms with Gasteiger partial charge in [-0.25, -0.2) is 0 Å². The molecule has 1 aliphatic rings. The Balaban J connectivity index is 1.65. The van der Waals surface area contributed by atoms with E-state index in [-0.39, 0.29) is 18.4 Å². The third-order valence-corrected chi connectivity index (χ3v) is 5.40. The summed E-state index contributed by atoms with van der Waals surface area (Å²) >= 11 is 1.24. The molecule has 138 valence electrons. The van der Waals surface area contributed by atoms with Gasteiger partial charge < -0.3 is 20.2 Å². The maximum absolute atomic E-state index is 12.6. The number of carbonyl (C=O) groups is 3. The van der Waals surface area contributed by atoms with E-state index in [1.54, 1.807) is 23.6 Å². The maximum atomic E-state index is 12.6. The van der Waals surface area contributed by atoms with E-state index >= 15 is 0 Å². The molecule has 0 aromatic carbocycles. The SMILES string of the molecule is O=C(NCc1ccco1)c1ccsc1NC(=O)[C@H]1CCCC[C@@H]1C(=O)O. The zero-order valence-corrected chi connectivity index (χ0v) is 14.9. The van der Waals surface area contributed by atoms with Gasteiger partial charge in [0.05, 0.1) is 30.2 Å². The molecule has 0 unspecified atom stereocenters. The van der Waals surface area contributed by atoms with Crippen LogP contribution in [0.3, 0.4) is 0 Å². The second kappa shape index (κ2) is 8.18. The van der Waals surface area contributed by atoms with Gasteiger partial charge in [0.15, 0.2) is 0 Å². The summed E-state index contributed by atoms with van der Waals surface area (Å²) < 4.78 is 5.17. The Kier molecular flexibility index (Phi) is 5.72. The van der Waals surface area contributed by atoms with E-state index in [1.807, 2.05) is 0 Å². The van der Waals surface area contributed by atoms with Gasteiger partial charge in [0.2, 0.25) is 5.91 Å². The zero-order chi connectivity index (χ0) is 18.5. The van der Waals surface area contributed by atoms with Gasteiger partial charge in [0.25, 0.3) is 5.91 Å². The molecule has 26 heavy (non-hydrogen) atoms. The number of carboxylic acid groups (broad SMARTS) is 1. The number of hydrogen-bond donors (Lipinski definition) is 3. The molecule has 2 atom stereocenters. The molecular formula is C18H20N2O5S. The highest BCUT2D eigenvalue weighted by atomic mass is 32.1. The fourth-order valence-electron chi connectivity index (χ4n) is 3.21. The molecular weight excluding hydrogens is 356 g/mol. The van der Waals surface area contributed by atoms with E-state index in [9.17, 15) is 19.5 Å². The highest BCUT2D eigenvalue weighted by Crippen LogP contribution is 2.32. The van der Waals surface area contributed by atoms with Crippen molar-refractivity contribution in [3.8, 4) is 0 Å². The Morgan fingerprint density at radius 2 is 1.96 bits per heavy atom. The first-order valence-corrected chi connectivity index (χ1v) is 9.36. The molecule has 1 fully saturated rings. The van der Waals surface area contributed by atoms with Crippen LogP contribution in [0.1, 0.15) is 41.8 Å². The van der Waals surface area contributed by atoms with Crippen LogP contribution in [-0.4, -0.2) is 22.9 Å². The molecule has 0 spiro atoms.